The first-order chi connectivity index (χ1) is 10.5. The monoisotopic (exact) mass is 307 g/mol. The van der Waals surface area contributed by atoms with Gasteiger partial charge in [-0.25, -0.2) is 14.1 Å². The number of quaternary nitrogens is 1. The molecule has 2 heterocycles. The Hall–Kier alpha value is -2.15. The molecule has 6 nitrogen and oxygen atoms in total. The Morgan fingerprint density at radius 3 is 2.32 bits per heavy atom. The molecule has 0 saturated carbocycles. The Morgan fingerprint density at radius 1 is 1.14 bits per heavy atom. The molecule has 0 aliphatic carbocycles. The maximum Gasteiger partial charge on any atom is 0.331 e. The fourth-order valence-corrected chi connectivity index (χ4v) is 2.94. The largest absolute Gasteiger partial charge is 0.360 e. The standard InChI is InChI=1S/C15H19FN4O2/c1-17-10-14(21)20(15(17)22)11-18-6-8-19(9-7-18)13-4-2-12(16)3-5-13/h2-5H,6-11H2,1H3/p+1. The number of imide groups is 1. The highest BCUT2D eigenvalue weighted by atomic mass is 19.1. The normalized spacial score (nSPS) is 20.2. The Morgan fingerprint density at radius 2 is 1.77 bits per heavy atom. The second-order valence-corrected chi connectivity index (χ2v) is 5.83. The molecule has 0 bridgehead atoms. The van der Waals surface area contributed by atoms with E-state index in [4.69, 9.17) is 0 Å². The van der Waals surface area contributed by atoms with Crippen LogP contribution in [0.4, 0.5) is 14.9 Å². The van der Waals surface area contributed by atoms with E-state index in [1.165, 1.54) is 26.8 Å². The van der Waals surface area contributed by atoms with Crippen molar-refractivity contribution >= 4 is 17.6 Å². The molecule has 0 atom stereocenters. The zero-order chi connectivity index (χ0) is 15.7. The van der Waals surface area contributed by atoms with Crippen LogP contribution in [-0.2, 0) is 4.79 Å². The number of anilines is 1. The molecule has 1 aromatic rings. The van der Waals surface area contributed by atoms with Gasteiger partial charge in [0.05, 0.1) is 26.2 Å². The lowest BCUT2D eigenvalue weighted by atomic mass is 10.2. The van der Waals surface area contributed by atoms with Crippen molar-refractivity contribution in [2.24, 2.45) is 0 Å². The second kappa shape index (κ2) is 5.92. The molecule has 0 aromatic heterocycles. The Bertz CT molecular complexity index is 569. The molecule has 7 heteroatoms. The van der Waals surface area contributed by atoms with Gasteiger partial charge in [-0.1, -0.05) is 0 Å². The summed E-state index contributed by atoms with van der Waals surface area (Å²) in [6, 6.07) is 6.28. The molecule has 22 heavy (non-hydrogen) atoms. The summed E-state index contributed by atoms with van der Waals surface area (Å²) in [6.07, 6.45) is 0. The molecule has 2 saturated heterocycles. The van der Waals surface area contributed by atoms with Crippen LogP contribution >= 0.6 is 0 Å². The molecule has 1 N–H and O–H groups in total. The molecule has 0 unspecified atom stereocenters. The molecule has 2 fully saturated rings. The van der Waals surface area contributed by atoms with E-state index in [1.807, 2.05) is 0 Å². The van der Waals surface area contributed by atoms with Crippen molar-refractivity contribution in [1.29, 1.82) is 0 Å². The number of piperazine rings is 1. The summed E-state index contributed by atoms with van der Waals surface area (Å²) >= 11 is 0. The number of likely N-dealkylation sites (N-methyl/N-ethyl adjacent to an activating group) is 1. The topological polar surface area (TPSA) is 48.3 Å². The molecular formula is C15H20FN4O2+. The number of rotatable bonds is 3. The lowest BCUT2D eigenvalue weighted by Gasteiger charge is -2.34. The number of nitrogens with zero attached hydrogens (tertiary/aromatic N) is 3. The zero-order valence-corrected chi connectivity index (χ0v) is 12.6. The van der Waals surface area contributed by atoms with E-state index in [2.05, 4.69) is 4.90 Å². The van der Waals surface area contributed by atoms with Gasteiger partial charge in [0.15, 0.2) is 6.67 Å². The number of benzene rings is 1. The number of hydrogen-bond acceptors (Lipinski definition) is 3. The minimum atomic E-state index is -0.233. The quantitative estimate of drug-likeness (QED) is 0.758. The van der Waals surface area contributed by atoms with Crippen LogP contribution in [0.3, 0.4) is 0 Å². The van der Waals surface area contributed by atoms with E-state index in [9.17, 15) is 14.0 Å². The molecule has 0 spiro atoms. The highest BCUT2D eigenvalue weighted by Crippen LogP contribution is 2.14. The summed E-state index contributed by atoms with van der Waals surface area (Å²) < 4.78 is 13.0. The highest BCUT2D eigenvalue weighted by molar-refractivity contribution is 6.01. The molecule has 0 radical (unpaired) electrons. The van der Waals surface area contributed by atoms with Gasteiger partial charge in [-0.05, 0) is 24.3 Å². The van der Waals surface area contributed by atoms with E-state index in [0.29, 0.717) is 6.67 Å². The number of urea groups is 1. The van der Waals surface area contributed by atoms with Crippen molar-refractivity contribution in [3.05, 3.63) is 30.1 Å². The highest BCUT2D eigenvalue weighted by Gasteiger charge is 2.36. The van der Waals surface area contributed by atoms with Crippen LogP contribution in [-0.4, -0.2) is 68.2 Å². The molecule has 2 aliphatic heterocycles. The summed E-state index contributed by atoms with van der Waals surface area (Å²) in [7, 11) is 1.64. The maximum absolute atomic E-state index is 13.0. The number of hydrogen-bond donors (Lipinski definition) is 1. The summed E-state index contributed by atoms with van der Waals surface area (Å²) in [5.41, 5.74) is 1.01. The van der Waals surface area contributed by atoms with E-state index in [-0.39, 0.29) is 24.3 Å². The number of halogens is 1. The smallest absolute Gasteiger partial charge is 0.331 e. The maximum atomic E-state index is 13.0. The van der Waals surface area contributed by atoms with Gasteiger partial charge in [0, 0.05) is 12.7 Å². The van der Waals surface area contributed by atoms with Crippen LogP contribution < -0.4 is 9.80 Å². The number of amides is 3. The van der Waals surface area contributed by atoms with Gasteiger partial charge in [-0.15, -0.1) is 0 Å². The van der Waals surface area contributed by atoms with E-state index in [0.717, 1.165) is 31.9 Å². The fraction of sp³-hybridized carbons (Fsp3) is 0.467. The van der Waals surface area contributed by atoms with Crippen molar-refractivity contribution in [1.82, 2.24) is 9.80 Å². The minimum absolute atomic E-state index is 0.124. The Balaban J connectivity index is 1.55. The first-order valence-electron chi connectivity index (χ1n) is 7.44. The van der Waals surface area contributed by atoms with E-state index >= 15 is 0 Å². The Kier molecular flexibility index (Phi) is 3.98. The van der Waals surface area contributed by atoms with Crippen molar-refractivity contribution in [3.8, 4) is 0 Å². The van der Waals surface area contributed by atoms with Gasteiger partial charge < -0.3 is 14.7 Å². The summed E-state index contributed by atoms with van der Waals surface area (Å²) in [5.74, 6) is -0.357. The van der Waals surface area contributed by atoms with Gasteiger partial charge in [0.25, 0.3) is 5.91 Å². The third-order valence-corrected chi connectivity index (χ3v) is 4.27. The zero-order valence-electron chi connectivity index (χ0n) is 12.6. The third-order valence-electron chi connectivity index (χ3n) is 4.27. The summed E-state index contributed by atoms with van der Waals surface area (Å²) in [4.78, 5) is 29.9. The van der Waals surface area contributed by atoms with Crippen LogP contribution in [0.1, 0.15) is 0 Å². The van der Waals surface area contributed by atoms with Crippen molar-refractivity contribution in [2.45, 2.75) is 0 Å². The lowest BCUT2D eigenvalue weighted by Crippen LogP contribution is -3.16. The molecular weight excluding hydrogens is 287 g/mol. The van der Waals surface area contributed by atoms with Crippen molar-refractivity contribution < 1.29 is 18.9 Å². The fourth-order valence-electron chi connectivity index (χ4n) is 2.94. The first-order valence-corrected chi connectivity index (χ1v) is 7.44. The molecule has 118 valence electrons. The minimum Gasteiger partial charge on any atom is -0.360 e. The second-order valence-electron chi connectivity index (χ2n) is 5.83. The van der Waals surface area contributed by atoms with Gasteiger partial charge in [0.1, 0.15) is 12.4 Å². The molecule has 3 amide bonds. The van der Waals surface area contributed by atoms with E-state index < -0.39 is 0 Å². The van der Waals surface area contributed by atoms with Crippen molar-refractivity contribution in [2.75, 3.05) is 51.3 Å². The van der Waals surface area contributed by atoms with Crippen LogP contribution in [0.5, 0.6) is 0 Å². The van der Waals surface area contributed by atoms with Crippen molar-refractivity contribution in [3.63, 3.8) is 0 Å². The number of carbonyl (C=O) groups is 2. The number of nitrogens with one attached hydrogen (secondary N) is 1. The predicted molar refractivity (Wildman–Crippen MR) is 79.0 cm³/mol. The predicted octanol–water partition coefficient (Wildman–Crippen LogP) is -0.618. The average Bonchev–Trinajstić information content (AvgIpc) is 2.75. The summed E-state index contributed by atoms with van der Waals surface area (Å²) in [6.45, 7) is 3.95. The van der Waals surface area contributed by atoms with Gasteiger partial charge in [0.2, 0.25) is 0 Å². The van der Waals surface area contributed by atoms with Gasteiger partial charge in [-0.3, -0.25) is 4.79 Å². The summed E-state index contributed by atoms with van der Waals surface area (Å²) in [5, 5.41) is 0. The van der Waals surface area contributed by atoms with Gasteiger partial charge >= 0.3 is 6.03 Å². The number of carbonyl (C=O) groups excluding carboxylic acids is 2. The lowest BCUT2D eigenvalue weighted by molar-refractivity contribution is -0.907. The average molecular weight is 307 g/mol. The van der Waals surface area contributed by atoms with E-state index in [1.54, 1.807) is 19.2 Å². The molecule has 3 rings (SSSR count). The van der Waals surface area contributed by atoms with Crippen LogP contribution in [0.15, 0.2) is 24.3 Å². The first kappa shape index (κ1) is 14.8. The SMILES string of the molecule is CN1CC(=O)N(C[NH+]2CCN(c3ccc(F)cc3)CC2)C1=O. The third kappa shape index (κ3) is 2.89. The van der Waals surface area contributed by atoms with Crippen LogP contribution in [0, 0.1) is 5.82 Å². The van der Waals surface area contributed by atoms with Crippen LogP contribution in [0.25, 0.3) is 0 Å². The Labute approximate surface area is 128 Å². The molecule has 2 aliphatic rings. The molecule has 1 aromatic carbocycles. The van der Waals surface area contributed by atoms with Gasteiger partial charge in [-0.2, -0.15) is 0 Å². The van der Waals surface area contributed by atoms with Crippen LogP contribution in [0.2, 0.25) is 0 Å².